The fraction of sp³-hybridized carbons (Fsp3) is 0.389. The van der Waals surface area contributed by atoms with Crippen LogP contribution < -0.4 is 22.0 Å². The summed E-state index contributed by atoms with van der Waals surface area (Å²) in [6, 6.07) is 64.4. The topological polar surface area (TPSA) is 194 Å². The first-order valence-corrected chi connectivity index (χ1v) is 48.0. The summed E-state index contributed by atoms with van der Waals surface area (Å²) in [6.45, 7) is 57.9. The minimum absolute atomic E-state index is 0.000556. The van der Waals surface area contributed by atoms with Crippen molar-refractivity contribution in [3.8, 4) is 0 Å². The van der Waals surface area contributed by atoms with Crippen LogP contribution in [-0.4, -0.2) is 112 Å². The highest BCUT2D eigenvalue weighted by molar-refractivity contribution is 7.26. The Morgan fingerprint density at radius 2 is 0.898 bits per heavy atom. The van der Waals surface area contributed by atoms with Gasteiger partial charge in [-0.15, -0.1) is 22.7 Å². The van der Waals surface area contributed by atoms with Crippen molar-refractivity contribution < 1.29 is 4.42 Å². The molecule has 0 atom stereocenters. The normalized spacial score (nSPS) is 11.5. The number of aromatic nitrogens is 10. The van der Waals surface area contributed by atoms with Crippen molar-refractivity contribution in [3.05, 3.63) is 301 Å². The number of nitrogens with zero attached hydrogens (tertiary/aromatic N) is 10. The standard InChI is InChI=1S/C13H10O.C13H10S.C11H14.C10H9N.C9H8N2O.C9H9N.C7H6N2OS.C6H6N4O.C5H12N2.C5H11N.10C2H6/c2*1-9-5-4-7-11-10-6-2-3-8-12(10)14-13(9)11;1-9-6-7-10-4-2-3-5-11(10)8-9;1-8-6-9-4-2-3-5-10(9)7-11-8;1-11-6-10-8-5-3-2-4-7(8)9(11)12;1-7-2-3-9-8(6-7)4-5-10-9;1-9-4-8-5-2-3-11-6(5)7(9)10;1-10-3-7-5-4(6(10)11)2-8-9-5;1-7-4-2-6-3-5-7;1-6-4-2-3-5-6;10*1-2/h2*2-8H,1H3;6-8H,2-5H2,1H3;2-7H,1H3;2-6H,1H3;2-6,10H,1H3;2-4H,1H3;2-3H,1H3,(H,8,9);6H,2-5H2,1H3;2-5H2,1H3;10*1-2H3. The monoisotopic (exact) mass is 1760 g/mol. The highest BCUT2D eigenvalue weighted by Gasteiger charge is 2.11. The Hall–Kier alpha value is -11.1. The van der Waals surface area contributed by atoms with Crippen molar-refractivity contribution in [2.75, 3.05) is 53.4 Å². The molecule has 0 amide bonds. The van der Waals surface area contributed by atoms with Gasteiger partial charge in [-0.25, -0.2) is 15.0 Å². The molecule has 2 fully saturated rings. The van der Waals surface area contributed by atoms with E-state index in [2.05, 4.69) is 219 Å². The van der Waals surface area contributed by atoms with Crippen LogP contribution in [0.1, 0.15) is 203 Å². The van der Waals surface area contributed by atoms with E-state index in [4.69, 9.17) is 4.42 Å². The molecule has 2 saturated heterocycles. The lowest BCUT2D eigenvalue weighted by molar-refractivity contribution is 0.291. The lowest BCUT2D eigenvalue weighted by atomic mass is 9.91. The Labute approximate surface area is 769 Å². The van der Waals surface area contributed by atoms with E-state index < -0.39 is 0 Å². The molecule has 2 aliphatic heterocycles. The van der Waals surface area contributed by atoms with E-state index in [1.807, 2.05) is 229 Å². The average molecular weight is 1760 g/mol. The van der Waals surface area contributed by atoms with Gasteiger partial charge in [0.05, 0.1) is 41.6 Å². The van der Waals surface area contributed by atoms with Gasteiger partial charge in [-0.3, -0.25) is 24.5 Å². The van der Waals surface area contributed by atoms with Gasteiger partial charge in [0.25, 0.3) is 16.7 Å². The second-order valence-electron chi connectivity index (χ2n) is 27.2. The number of aryl methyl sites for hydroxylation is 10. The van der Waals surface area contributed by atoms with E-state index in [0.29, 0.717) is 16.4 Å². The highest BCUT2D eigenvalue weighted by Crippen LogP contribution is 2.35. The first-order valence-electron chi connectivity index (χ1n) is 46.3. The largest absolute Gasteiger partial charge is 0.456 e. The fourth-order valence-corrected chi connectivity index (χ4v) is 14.7. The number of aromatic amines is 2. The summed E-state index contributed by atoms with van der Waals surface area (Å²) in [5.41, 5.74) is 14.8. The predicted molar refractivity (Wildman–Crippen MR) is 561 cm³/mol. The number of benzene rings is 8. The van der Waals surface area contributed by atoms with Crippen LogP contribution in [-0.2, 0) is 34.0 Å². The number of nitrogens with one attached hydrogen (secondary N) is 3. The summed E-state index contributed by atoms with van der Waals surface area (Å²) >= 11 is 3.32. The van der Waals surface area contributed by atoms with E-state index in [1.165, 1.54) is 190 Å². The van der Waals surface area contributed by atoms with Crippen LogP contribution in [0.3, 0.4) is 0 Å². The summed E-state index contributed by atoms with van der Waals surface area (Å²) in [4.78, 5) is 58.2. The molecule has 9 aromatic heterocycles. The third kappa shape index (κ3) is 37.0. The molecule has 8 aromatic carbocycles. The molecule has 0 spiro atoms. The number of pyridine rings is 1. The Morgan fingerprint density at radius 3 is 1.52 bits per heavy atom. The van der Waals surface area contributed by atoms with Crippen molar-refractivity contribution in [2.24, 2.45) is 21.1 Å². The Morgan fingerprint density at radius 1 is 0.386 bits per heavy atom. The number of hydrogen-bond acceptors (Lipinski definition) is 14. The molecule has 11 heterocycles. The Balaban J connectivity index is 0.000000693. The zero-order valence-corrected chi connectivity index (χ0v) is 84.5. The summed E-state index contributed by atoms with van der Waals surface area (Å²) in [5, 5.41) is 21.6. The first-order chi connectivity index (χ1) is 62.0. The van der Waals surface area contributed by atoms with Crippen LogP contribution in [0.2, 0.25) is 0 Å². The molecular weight excluding hydrogens is 1610 g/mol. The van der Waals surface area contributed by atoms with Crippen LogP contribution >= 0.6 is 22.7 Å². The number of fused-ring (bicyclic) bond motifs is 12. The Bertz CT molecular complexity index is 5740. The maximum Gasteiger partial charge on any atom is 0.271 e. The lowest BCUT2D eigenvalue weighted by Gasteiger charge is -2.21. The highest BCUT2D eigenvalue weighted by atomic mass is 32.1. The molecule has 3 N–H and O–H groups in total. The van der Waals surface area contributed by atoms with E-state index in [-0.39, 0.29) is 16.7 Å². The van der Waals surface area contributed by atoms with Crippen molar-refractivity contribution >= 4 is 119 Å². The van der Waals surface area contributed by atoms with Gasteiger partial charge in [0, 0.05) is 107 Å². The van der Waals surface area contributed by atoms with Crippen LogP contribution in [0.4, 0.5) is 0 Å². The molecule has 688 valence electrons. The van der Waals surface area contributed by atoms with Crippen LogP contribution in [0.25, 0.3) is 95.9 Å². The SMILES string of the molecule is CC.CC.CC.CC.CC.CC.CC.CC.CC.CC.CN1CCCC1.CN1CCNCC1.Cc1cc2ccccc2cn1.Cc1ccc2[nH]ccc2c1.Cc1ccc2c(c1)CCCC2.Cc1cccc2c1oc1ccccc12.Cc1cccc2c1sc1ccccc12.Cn1cnc2[nH]ncc2c1=O.Cn1cnc2ccccc2c1=O.Cn1cnc2ccsc2c1=O. The van der Waals surface area contributed by atoms with Crippen molar-refractivity contribution in [2.45, 2.75) is 212 Å². The van der Waals surface area contributed by atoms with Gasteiger partial charge in [-0.1, -0.05) is 283 Å². The molecule has 0 bridgehead atoms. The zero-order chi connectivity index (χ0) is 95.2. The maximum absolute atomic E-state index is 11.5. The predicted octanol–water partition coefficient (Wildman–Crippen LogP) is 28.2. The van der Waals surface area contributed by atoms with Crippen molar-refractivity contribution in [1.82, 2.24) is 63.9 Å². The first kappa shape index (κ1) is 114. The number of H-pyrrole nitrogens is 2. The van der Waals surface area contributed by atoms with E-state index in [1.54, 1.807) is 38.3 Å². The van der Waals surface area contributed by atoms with Gasteiger partial charge >= 0.3 is 0 Å². The molecule has 1 aliphatic carbocycles. The fourth-order valence-electron chi connectivity index (χ4n) is 12.7. The molecule has 127 heavy (non-hydrogen) atoms. The van der Waals surface area contributed by atoms with Gasteiger partial charge in [0.1, 0.15) is 21.3 Å². The summed E-state index contributed by atoms with van der Waals surface area (Å²) in [5.74, 6) is 0. The van der Waals surface area contributed by atoms with Gasteiger partial charge < -0.3 is 38.2 Å². The average Bonchev–Trinajstić information content (AvgIpc) is 1.64. The van der Waals surface area contributed by atoms with E-state index >= 15 is 0 Å². The van der Waals surface area contributed by atoms with E-state index in [9.17, 15) is 14.4 Å². The summed E-state index contributed by atoms with van der Waals surface area (Å²) < 4.78 is 13.7. The molecule has 20 rings (SSSR count). The van der Waals surface area contributed by atoms with Gasteiger partial charge in [0.2, 0.25) is 0 Å². The molecule has 3 aliphatic rings. The number of piperazine rings is 1. The van der Waals surface area contributed by atoms with Gasteiger partial charge in [0.15, 0.2) is 5.65 Å². The van der Waals surface area contributed by atoms with Crippen LogP contribution in [0, 0.1) is 34.6 Å². The number of likely N-dealkylation sites (N-methyl/N-ethyl adjacent to an activating group) is 1. The summed E-state index contributed by atoms with van der Waals surface area (Å²) in [6.07, 6.45) is 18.1. The number of para-hydroxylation sites is 3. The molecule has 19 heteroatoms. The number of rotatable bonds is 0. The molecule has 0 radical (unpaired) electrons. The quantitative estimate of drug-likeness (QED) is 0.130. The minimum Gasteiger partial charge on any atom is -0.456 e. The number of thiophene rings is 2. The molecule has 0 unspecified atom stereocenters. The van der Waals surface area contributed by atoms with Gasteiger partial charge in [-0.05, 0) is 193 Å². The number of likely N-dealkylation sites (tertiary alicyclic amines) is 1. The third-order valence-corrected chi connectivity index (χ3v) is 21.0. The van der Waals surface area contributed by atoms with E-state index in [0.717, 1.165) is 45.7 Å². The maximum atomic E-state index is 11.5. The second-order valence-corrected chi connectivity index (χ2v) is 29.1. The molecule has 0 saturated carbocycles. The number of hydrogen-bond donors (Lipinski definition) is 3. The third-order valence-electron chi connectivity index (χ3n) is 18.7. The molecular formula is C108H155N13O4S2. The number of furan rings is 1. The Kier molecular flexibility index (Phi) is 60.4. The van der Waals surface area contributed by atoms with Crippen LogP contribution in [0.5, 0.6) is 0 Å². The van der Waals surface area contributed by atoms with Gasteiger partial charge in [-0.2, -0.15) is 5.10 Å². The van der Waals surface area contributed by atoms with Crippen molar-refractivity contribution in [1.29, 1.82) is 0 Å². The minimum atomic E-state index is -0.0799. The molecule has 17 nitrogen and oxygen atoms in total. The van der Waals surface area contributed by atoms with Crippen molar-refractivity contribution in [3.63, 3.8) is 0 Å². The lowest BCUT2D eigenvalue weighted by Crippen LogP contribution is -2.40. The van der Waals surface area contributed by atoms with Crippen LogP contribution in [0.15, 0.2) is 250 Å². The smallest absolute Gasteiger partial charge is 0.271 e. The molecule has 17 aromatic rings. The summed E-state index contributed by atoms with van der Waals surface area (Å²) in [7, 11) is 9.38. The zero-order valence-electron chi connectivity index (χ0n) is 82.8. The second kappa shape index (κ2) is 67.3.